The molecule has 266 valence electrons. The molecule has 0 aliphatic rings. The zero-order chi connectivity index (χ0) is 37.7. The molecule has 0 unspecified atom stereocenters. The summed E-state index contributed by atoms with van der Waals surface area (Å²) in [7, 11) is 0. The van der Waals surface area contributed by atoms with E-state index in [0.29, 0.717) is 17.5 Å². The maximum Gasteiger partial charge on any atom is 0.164 e. The van der Waals surface area contributed by atoms with Crippen LogP contribution in [0.25, 0.3) is 111 Å². The number of benzene rings is 9. The minimum Gasteiger partial charge on any atom is -0.456 e. The van der Waals surface area contributed by atoms with Crippen molar-refractivity contribution in [3.05, 3.63) is 200 Å². The largest absolute Gasteiger partial charge is 0.456 e. The first kappa shape index (κ1) is 32.7. The van der Waals surface area contributed by atoms with Gasteiger partial charge in [-0.1, -0.05) is 164 Å². The lowest BCUT2D eigenvalue weighted by Crippen LogP contribution is -2.01. The number of rotatable bonds is 6. The summed E-state index contributed by atoms with van der Waals surface area (Å²) >= 11 is 0. The third-order valence-corrected chi connectivity index (χ3v) is 10.9. The highest BCUT2D eigenvalue weighted by Crippen LogP contribution is 2.40. The standard InChI is InChI=1S/C53H33N3O/c1-3-14-36(15-4-1)44-28-26-43(33-46(44)42-25-23-35-13-8-10-19-39(35)31-42)52-54-51(37-16-5-2-6-17-37)55-53(56-52)45-20-11-21-49-50(45)47-32-41(27-29-48(47)57-49)40-24-22-34-12-7-9-18-38(34)30-40/h1-33H. The van der Waals surface area contributed by atoms with Gasteiger partial charge >= 0.3 is 0 Å². The van der Waals surface area contributed by atoms with Gasteiger partial charge in [0.15, 0.2) is 17.5 Å². The van der Waals surface area contributed by atoms with Gasteiger partial charge in [0.05, 0.1) is 0 Å². The van der Waals surface area contributed by atoms with Gasteiger partial charge < -0.3 is 4.42 Å². The van der Waals surface area contributed by atoms with Gasteiger partial charge in [0.2, 0.25) is 0 Å². The Bertz CT molecular complexity index is 3300. The second-order valence-electron chi connectivity index (χ2n) is 14.4. The first-order valence-corrected chi connectivity index (χ1v) is 19.2. The van der Waals surface area contributed by atoms with E-state index in [2.05, 4.69) is 158 Å². The summed E-state index contributed by atoms with van der Waals surface area (Å²) in [5.41, 5.74) is 11.1. The van der Waals surface area contributed by atoms with Crippen molar-refractivity contribution in [1.82, 2.24) is 15.0 Å². The minimum absolute atomic E-state index is 0.586. The van der Waals surface area contributed by atoms with E-state index in [-0.39, 0.29) is 0 Å². The summed E-state index contributed by atoms with van der Waals surface area (Å²) < 4.78 is 6.48. The van der Waals surface area contributed by atoms with Crippen molar-refractivity contribution in [1.29, 1.82) is 0 Å². The Morgan fingerprint density at radius 1 is 0.281 bits per heavy atom. The number of hydrogen-bond donors (Lipinski definition) is 0. The molecular weight excluding hydrogens is 695 g/mol. The molecule has 0 bridgehead atoms. The van der Waals surface area contributed by atoms with Crippen LogP contribution >= 0.6 is 0 Å². The predicted molar refractivity (Wildman–Crippen MR) is 235 cm³/mol. The molecule has 0 radical (unpaired) electrons. The monoisotopic (exact) mass is 727 g/mol. The van der Waals surface area contributed by atoms with E-state index in [0.717, 1.165) is 72.0 Å². The lowest BCUT2D eigenvalue weighted by atomic mass is 9.91. The highest BCUT2D eigenvalue weighted by Gasteiger charge is 2.20. The van der Waals surface area contributed by atoms with Crippen LogP contribution in [0.1, 0.15) is 0 Å². The Balaban J connectivity index is 1.11. The van der Waals surface area contributed by atoms with Gasteiger partial charge in [-0.25, -0.2) is 15.0 Å². The normalized spacial score (nSPS) is 11.5. The van der Waals surface area contributed by atoms with Gasteiger partial charge in [-0.15, -0.1) is 0 Å². The van der Waals surface area contributed by atoms with E-state index in [4.69, 9.17) is 19.4 Å². The van der Waals surface area contributed by atoms with Crippen molar-refractivity contribution in [3.8, 4) is 67.5 Å². The molecule has 4 heteroatoms. The number of fused-ring (bicyclic) bond motifs is 5. The summed E-state index contributed by atoms with van der Waals surface area (Å²) in [6.07, 6.45) is 0. The molecule has 0 saturated heterocycles. The zero-order valence-corrected chi connectivity index (χ0v) is 30.8. The summed E-state index contributed by atoms with van der Waals surface area (Å²) in [5, 5.41) is 6.82. The molecule has 4 nitrogen and oxygen atoms in total. The van der Waals surface area contributed by atoms with Gasteiger partial charge in [-0.05, 0) is 91.3 Å². The van der Waals surface area contributed by atoms with E-state index < -0.39 is 0 Å². The lowest BCUT2D eigenvalue weighted by molar-refractivity contribution is 0.669. The van der Waals surface area contributed by atoms with Gasteiger partial charge in [0.25, 0.3) is 0 Å². The SMILES string of the molecule is c1ccc(-c2nc(-c3ccc(-c4ccccc4)c(-c4ccc5ccccc5c4)c3)nc(-c3cccc4oc5ccc(-c6ccc7ccccc7c6)cc5c34)n2)cc1. The van der Waals surface area contributed by atoms with Crippen LogP contribution in [0.5, 0.6) is 0 Å². The molecule has 2 aromatic heterocycles. The highest BCUT2D eigenvalue weighted by atomic mass is 16.3. The van der Waals surface area contributed by atoms with Gasteiger partial charge in [0.1, 0.15) is 11.2 Å². The number of aromatic nitrogens is 3. The van der Waals surface area contributed by atoms with Crippen molar-refractivity contribution in [3.63, 3.8) is 0 Å². The Kier molecular flexibility index (Phi) is 7.78. The number of nitrogens with zero attached hydrogens (tertiary/aromatic N) is 3. The van der Waals surface area contributed by atoms with E-state index in [1.807, 2.05) is 42.5 Å². The molecule has 0 aliphatic heterocycles. The van der Waals surface area contributed by atoms with Crippen molar-refractivity contribution in [2.45, 2.75) is 0 Å². The van der Waals surface area contributed by atoms with Crippen LogP contribution in [0.3, 0.4) is 0 Å². The zero-order valence-electron chi connectivity index (χ0n) is 30.8. The average Bonchev–Trinajstić information content (AvgIpc) is 3.67. The Labute approximate surface area is 329 Å². The van der Waals surface area contributed by atoms with Crippen molar-refractivity contribution < 1.29 is 4.42 Å². The molecule has 0 aliphatic carbocycles. The molecule has 11 rings (SSSR count). The molecule has 0 fully saturated rings. The van der Waals surface area contributed by atoms with Crippen LogP contribution in [0.15, 0.2) is 205 Å². The molecule has 11 aromatic rings. The van der Waals surface area contributed by atoms with E-state index in [9.17, 15) is 0 Å². The van der Waals surface area contributed by atoms with Crippen LogP contribution < -0.4 is 0 Å². The Morgan fingerprint density at radius 2 is 0.842 bits per heavy atom. The fourth-order valence-electron chi connectivity index (χ4n) is 8.05. The second kappa shape index (κ2) is 13.6. The van der Waals surface area contributed by atoms with Crippen molar-refractivity contribution >= 4 is 43.5 Å². The molecule has 0 saturated carbocycles. The van der Waals surface area contributed by atoms with E-state index >= 15 is 0 Å². The topological polar surface area (TPSA) is 51.8 Å². The van der Waals surface area contributed by atoms with Crippen LogP contribution in [-0.4, -0.2) is 15.0 Å². The molecule has 57 heavy (non-hydrogen) atoms. The van der Waals surface area contributed by atoms with Crippen molar-refractivity contribution in [2.24, 2.45) is 0 Å². The second-order valence-corrected chi connectivity index (χ2v) is 14.4. The predicted octanol–water partition coefficient (Wildman–Crippen LogP) is 14.1. The highest BCUT2D eigenvalue weighted by molar-refractivity contribution is 6.13. The summed E-state index contributed by atoms with van der Waals surface area (Å²) in [6, 6.07) is 70.0. The maximum atomic E-state index is 6.48. The third kappa shape index (κ3) is 5.92. The summed E-state index contributed by atoms with van der Waals surface area (Å²) in [4.78, 5) is 15.6. The summed E-state index contributed by atoms with van der Waals surface area (Å²) in [6.45, 7) is 0. The minimum atomic E-state index is 0.586. The van der Waals surface area contributed by atoms with Gasteiger partial charge in [-0.2, -0.15) is 0 Å². The molecule has 0 N–H and O–H groups in total. The molecule has 9 aromatic carbocycles. The van der Waals surface area contributed by atoms with Gasteiger partial charge in [0, 0.05) is 27.5 Å². The van der Waals surface area contributed by atoms with Crippen molar-refractivity contribution in [2.75, 3.05) is 0 Å². The fraction of sp³-hybridized carbons (Fsp3) is 0. The van der Waals surface area contributed by atoms with Crippen LogP contribution in [0.4, 0.5) is 0 Å². The lowest BCUT2D eigenvalue weighted by Gasteiger charge is -2.14. The molecular formula is C53H33N3O. The van der Waals surface area contributed by atoms with E-state index in [1.165, 1.54) is 21.5 Å². The van der Waals surface area contributed by atoms with E-state index in [1.54, 1.807) is 0 Å². The van der Waals surface area contributed by atoms with Crippen LogP contribution in [0, 0.1) is 0 Å². The molecule has 0 amide bonds. The Morgan fingerprint density at radius 3 is 1.58 bits per heavy atom. The van der Waals surface area contributed by atoms with Crippen LogP contribution in [-0.2, 0) is 0 Å². The fourth-order valence-corrected chi connectivity index (χ4v) is 8.05. The Hall–Kier alpha value is -7.69. The summed E-state index contributed by atoms with van der Waals surface area (Å²) in [5.74, 6) is 1.79. The molecule has 0 spiro atoms. The first-order valence-electron chi connectivity index (χ1n) is 19.2. The van der Waals surface area contributed by atoms with Crippen LogP contribution in [0.2, 0.25) is 0 Å². The average molecular weight is 728 g/mol. The third-order valence-electron chi connectivity index (χ3n) is 10.9. The van der Waals surface area contributed by atoms with Gasteiger partial charge in [-0.3, -0.25) is 0 Å². The maximum absolute atomic E-state index is 6.48. The first-order chi connectivity index (χ1) is 28.2. The molecule has 2 heterocycles. The molecule has 0 atom stereocenters. The quantitative estimate of drug-likeness (QED) is 0.171. The number of hydrogen-bond acceptors (Lipinski definition) is 4. The number of furan rings is 1. The smallest absolute Gasteiger partial charge is 0.164 e.